The van der Waals surface area contributed by atoms with Gasteiger partial charge in [0.15, 0.2) is 12.3 Å². The number of anilines is 2. The van der Waals surface area contributed by atoms with Crippen LogP contribution in [0.3, 0.4) is 0 Å². The van der Waals surface area contributed by atoms with Gasteiger partial charge in [-0.1, -0.05) is 13.8 Å². The summed E-state index contributed by atoms with van der Waals surface area (Å²) in [5.74, 6) is -0.0187. The van der Waals surface area contributed by atoms with E-state index in [2.05, 4.69) is 20.4 Å². The minimum Gasteiger partial charge on any atom is -0.481 e. The van der Waals surface area contributed by atoms with Crippen molar-refractivity contribution in [3.63, 3.8) is 0 Å². The second kappa shape index (κ2) is 8.76. The number of nitrogens with zero attached hydrogens (tertiary/aromatic N) is 4. The molecule has 2 heterocycles. The van der Waals surface area contributed by atoms with Gasteiger partial charge < -0.3 is 14.6 Å². The fraction of sp³-hybridized carbons (Fsp3) is 0.235. The van der Waals surface area contributed by atoms with Crippen LogP contribution in [0.2, 0.25) is 0 Å². The lowest BCUT2D eigenvalue weighted by atomic mass is 9.94. The molecule has 0 radical (unpaired) electrons. The zero-order valence-corrected chi connectivity index (χ0v) is 16.8. The number of rotatable bonds is 7. The zero-order valence-electron chi connectivity index (χ0n) is 15.2. The predicted octanol–water partition coefficient (Wildman–Crippen LogP) is 5.30. The number of halogens is 2. The highest BCUT2D eigenvalue weighted by Gasteiger charge is 2.20. The Bertz CT molecular complexity index is 984. The molecular weight excluding hydrogens is 408 g/mol. The van der Waals surface area contributed by atoms with Crippen LogP contribution in [0.25, 0.3) is 11.1 Å². The average molecular weight is 425 g/mol. The van der Waals surface area contributed by atoms with Crippen LogP contribution in [-0.4, -0.2) is 30.8 Å². The summed E-state index contributed by atoms with van der Waals surface area (Å²) >= 11 is 0.128. The molecule has 0 saturated carbocycles. The van der Waals surface area contributed by atoms with Gasteiger partial charge in [0.05, 0.1) is 24.8 Å². The van der Waals surface area contributed by atoms with Gasteiger partial charge in [-0.05, 0) is 35.2 Å². The van der Waals surface area contributed by atoms with Gasteiger partial charge in [-0.15, -0.1) is 13.1 Å². The largest absolute Gasteiger partial charge is 0.481 e. The fourth-order valence-corrected chi connectivity index (χ4v) is 3.25. The van der Waals surface area contributed by atoms with Crippen LogP contribution in [0.4, 0.5) is 19.9 Å². The Hall–Kier alpha value is -2.37. The van der Waals surface area contributed by atoms with E-state index in [0.29, 0.717) is 40.3 Å². The van der Waals surface area contributed by atoms with Gasteiger partial charge in [0.25, 0.3) is 0 Å². The van der Waals surface area contributed by atoms with Crippen molar-refractivity contribution in [1.29, 1.82) is 0 Å². The Balaban J connectivity index is 2.19. The van der Waals surface area contributed by atoms with Crippen LogP contribution < -0.4 is 10.1 Å². The minimum absolute atomic E-state index is 0.0204. The quantitative estimate of drug-likeness (QED) is 0.493. The van der Waals surface area contributed by atoms with Gasteiger partial charge in [0.2, 0.25) is 17.0 Å². The third-order valence-corrected chi connectivity index (χ3v) is 4.68. The van der Waals surface area contributed by atoms with Gasteiger partial charge >= 0.3 is 0 Å². The van der Waals surface area contributed by atoms with E-state index in [1.54, 1.807) is 18.3 Å². The van der Waals surface area contributed by atoms with E-state index >= 15 is 0 Å². The third-order valence-electron chi connectivity index (χ3n) is 3.95. The first-order chi connectivity index (χ1) is 13.5. The normalized spacial score (nSPS) is 11.1. The molecule has 0 unspecified atom stereocenters. The molecule has 0 aliphatic carbocycles. The van der Waals surface area contributed by atoms with Crippen molar-refractivity contribution in [3.05, 3.63) is 41.8 Å². The van der Waals surface area contributed by atoms with Gasteiger partial charge in [0, 0.05) is 17.8 Å². The molecule has 0 amide bonds. The molecule has 7 nitrogen and oxygen atoms in total. The highest BCUT2D eigenvalue weighted by molar-refractivity contribution is 7.94. The number of nitrogens with one attached hydrogen (secondary N) is 1. The van der Waals surface area contributed by atoms with Crippen molar-refractivity contribution in [2.24, 2.45) is 0 Å². The summed E-state index contributed by atoms with van der Waals surface area (Å²) in [7, 11) is 1.49. The first-order valence-corrected chi connectivity index (χ1v) is 9.60. The van der Waals surface area contributed by atoms with Crippen LogP contribution >= 0.6 is 24.4 Å². The third kappa shape index (κ3) is 4.21. The molecule has 0 saturated heterocycles. The lowest BCUT2D eigenvalue weighted by molar-refractivity contribution is 0.398. The fourth-order valence-electron chi connectivity index (χ4n) is 2.69. The van der Waals surface area contributed by atoms with Gasteiger partial charge in [-0.3, -0.25) is 0 Å². The lowest BCUT2D eigenvalue weighted by Crippen LogP contribution is -2.05. The van der Waals surface area contributed by atoms with Crippen LogP contribution in [0.15, 0.2) is 35.6 Å². The molecule has 148 valence electrons. The number of methoxy groups -OCH3 is 1. The molecule has 0 fully saturated rings. The van der Waals surface area contributed by atoms with Crippen LogP contribution in [-0.2, 0) is 0 Å². The van der Waals surface area contributed by atoms with Crippen molar-refractivity contribution >= 4 is 36.0 Å². The maximum atomic E-state index is 14.4. The van der Waals surface area contributed by atoms with Crippen molar-refractivity contribution < 1.29 is 17.6 Å². The van der Waals surface area contributed by atoms with E-state index < -0.39 is 5.82 Å². The molecule has 11 heteroatoms. The highest BCUT2D eigenvalue weighted by Crippen LogP contribution is 2.38. The summed E-state index contributed by atoms with van der Waals surface area (Å²) in [5, 5.41) is 6.82. The molecule has 1 aromatic carbocycles. The Morgan fingerprint density at radius 2 is 2.07 bits per heavy atom. The van der Waals surface area contributed by atoms with E-state index in [9.17, 15) is 8.28 Å². The number of benzene rings is 1. The molecule has 0 atom stereocenters. The standard InChI is InChI=1S/C17H17F2N5O2S2/c1-9(2)12-7-11(18)8-13(10-4-5-20-14(6-10)26-3)15(12)21-16-22-17(27-25)23-24(16)28-19/h4-9,25H,1-3H3,(H,21,22,23). The molecule has 0 bridgehead atoms. The first kappa shape index (κ1) is 20.4. The minimum atomic E-state index is -0.409. The maximum Gasteiger partial charge on any atom is 0.240 e. The maximum absolute atomic E-state index is 14.4. The molecular formula is C17H17F2N5O2S2. The molecule has 28 heavy (non-hydrogen) atoms. The van der Waals surface area contributed by atoms with E-state index in [1.807, 2.05) is 13.8 Å². The Morgan fingerprint density at radius 1 is 1.29 bits per heavy atom. The smallest absolute Gasteiger partial charge is 0.240 e. The Morgan fingerprint density at radius 3 is 2.71 bits per heavy atom. The lowest BCUT2D eigenvalue weighted by Gasteiger charge is -2.19. The number of hydrogen-bond donors (Lipinski definition) is 2. The molecule has 3 rings (SSSR count). The topological polar surface area (TPSA) is 85.1 Å². The highest BCUT2D eigenvalue weighted by atomic mass is 32.2. The predicted molar refractivity (Wildman–Crippen MR) is 106 cm³/mol. The van der Waals surface area contributed by atoms with E-state index in [-0.39, 0.29) is 29.4 Å². The van der Waals surface area contributed by atoms with Crippen LogP contribution in [0.5, 0.6) is 5.88 Å². The number of hydrogen-bond acceptors (Lipinski definition) is 8. The molecule has 2 aromatic heterocycles. The van der Waals surface area contributed by atoms with Crippen molar-refractivity contribution in [1.82, 2.24) is 19.2 Å². The number of ether oxygens (including phenoxy) is 1. The summed E-state index contributed by atoms with van der Waals surface area (Å²) in [6.07, 6.45) is 1.55. The summed E-state index contributed by atoms with van der Waals surface area (Å²) in [5.41, 5.74) is 2.40. The summed E-state index contributed by atoms with van der Waals surface area (Å²) in [4.78, 5) is 8.12. The molecule has 0 spiro atoms. The van der Waals surface area contributed by atoms with Crippen molar-refractivity contribution in [2.75, 3.05) is 12.4 Å². The van der Waals surface area contributed by atoms with Gasteiger partial charge in [-0.2, -0.15) is 4.98 Å². The second-order valence-corrected chi connectivity index (χ2v) is 7.07. The van der Waals surface area contributed by atoms with Gasteiger partial charge in [-0.25, -0.2) is 9.37 Å². The Labute approximate surface area is 169 Å². The SMILES string of the molecule is COc1cc(-c2cc(F)cc(C(C)C)c2Nc2nc(SO)nn2SF)ccn1. The van der Waals surface area contributed by atoms with Gasteiger partial charge in [0.1, 0.15) is 5.82 Å². The van der Waals surface area contributed by atoms with Crippen LogP contribution in [0, 0.1) is 5.82 Å². The summed E-state index contributed by atoms with van der Waals surface area (Å²) in [6, 6.07) is 6.18. The van der Waals surface area contributed by atoms with Crippen molar-refractivity contribution in [3.8, 4) is 17.0 Å². The molecule has 0 aliphatic heterocycles. The molecule has 0 aliphatic rings. The van der Waals surface area contributed by atoms with E-state index in [0.717, 1.165) is 4.09 Å². The summed E-state index contributed by atoms with van der Waals surface area (Å²) in [6.45, 7) is 3.83. The summed E-state index contributed by atoms with van der Waals surface area (Å²) < 4.78 is 42.8. The zero-order chi connectivity index (χ0) is 20.3. The number of pyridine rings is 1. The average Bonchev–Trinajstić information content (AvgIpc) is 3.10. The second-order valence-electron chi connectivity index (χ2n) is 6.04. The van der Waals surface area contributed by atoms with E-state index in [4.69, 9.17) is 9.29 Å². The van der Waals surface area contributed by atoms with Crippen molar-refractivity contribution in [2.45, 2.75) is 24.9 Å². The molecule has 2 N–H and O–H groups in total. The monoisotopic (exact) mass is 425 g/mol. The van der Waals surface area contributed by atoms with E-state index in [1.165, 1.54) is 19.2 Å². The van der Waals surface area contributed by atoms with Crippen LogP contribution in [0.1, 0.15) is 25.3 Å². The Kier molecular flexibility index (Phi) is 6.37. The first-order valence-electron chi connectivity index (χ1n) is 8.15. The molecule has 3 aromatic rings. The number of aromatic nitrogens is 4.